The van der Waals surface area contributed by atoms with Gasteiger partial charge in [-0.2, -0.15) is 0 Å². The molecule has 17 heavy (non-hydrogen) atoms. The Morgan fingerprint density at radius 1 is 1.35 bits per heavy atom. The molecule has 1 heterocycles. The first kappa shape index (κ1) is 12.0. The van der Waals surface area contributed by atoms with Crippen LogP contribution in [0.3, 0.4) is 0 Å². The van der Waals surface area contributed by atoms with Gasteiger partial charge in [-0.3, -0.25) is 4.79 Å². The molecule has 3 nitrogen and oxygen atoms in total. The molecular formula is C14H19NO2. The summed E-state index contributed by atoms with van der Waals surface area (Å²) in [6, 6.07) is 7.94. The van der Waals surface area contributed by atoms with Gasteiger partial charge in [-0.05, 0) is 38.8 Å². The normalized spacial score (nSPS) is 19.1. The number of hydrogen-bond acceptors (Lipinski definition) is 3. The maximum atomic E-state index is 12.1. The number of fused-ring (bicyclic) bond motifs is 1. The molecule has 1 atom stereocenters. The molecule has 1 N–H and O–H groups in total. The lowest BCUT2D eigenvalue weighted by atomic mass is 9.91. The Labute approximate surface area is 102 Å². The van der Waals surface area contributed by atoms with Crippen molar-refractivity contribution in [2.24, 2.45) is 0 Å². The first-order valence-corrected chi connectivity index (χ1v) is 6.03. The maximum absolute atomic E-state index is 12.1. The van der Waals surface area contributed by atoms with E-state index in [9.17, 15) is 4.79 Å². The molecule has 0 fully saturated rings. The molecule has 1 aromatic carbocycles. The monoisotopic (exact) mass is 233 g/mol. The van der Waals surface area contributed by atoms with E-state index in [4.69, 9.17) is 4.74 Å². The van der Waals surface area contributed by atoms with Gasteiger partial charge in [0.25, 0.3) is 0 Å². The van der Waals surface area contributed by atoms with Crippen LogP contribution in [0.25, 0.3) is 0 Å². The number of hydrogen-bond donors (Lipinski definition) is 1. The molecule has 0 amide bonds. The van der Waals surface area contributed by atoms with E-state index in [1.54, 1.807) is 0 Å². The van der Waals surface area contributed by atoms with Crippen molar-refractivity contribution in [3.63, 3.8) is 0 Å². The van der Waals surface area contributed by atoms with Crippen molar-refractivity contribution in [2.75, 3.05) is 11.9 Å². The lowest BCUT2D eigenvalue weighted by molar-refractivity contribution is -0.156. The van der Waals surface area contributed by atoms with Crippen molar-refractivity contribution in [3.8, 4) is 0 Å². The molecule has 0 aliphatic carbocycles. The molecule has 0 spiro atoms. The number of nitrogens with one attached hydrogen (secondary N) is 1. The Balaban J connectivity index is 2.21. The van der Waals surface area contributed by atoms with Crippen LogP contribution in [-0.2, 0) is 9.53 Å². The van der Waals surface area contributed by atoms with Crippen LogP contribution in [0.5, 0.6) is 0 Å². The predicted octanol–water partition coefficient (Wildman–Crippen LogP) is 2.93. The minimum atomic E-state index is -0.420. The lowest BCUT2D eigenvalue weighted by Gasteiger charge is -2.28. The highest BCUT2D eigenvalue weighted by Crippen LogP contribution is 2.33. The summed E-state index contributed by atoms with van der Waals surface area (Å²) in [5.74, 6) is -0.252. The van der Waals surface area contributed by atoms with Crippen molar-refractivity contribution >= 4 is 11.7 Å². The lowest BCUT2D eigenvalue weighted by Crippen LogP contribution is -2.30. The zero-order valence-corrected chi connectivity index (χ0v) is 10.6. The molecule has 1 aliphatic heterocycles. The molecule has 3 heteroatoms. The van der Waals surface area contributed by atoms with Crippen LogP contribution in [0.15, 0.2) is 24.3 Å². The Morgan fingerprint density at radius 3 is 2.76 bits per heavy atom. The second-order valence-electron chi connectivity index (χ2n) is 5.39. The molecule has 0 aromatic heterocycles. The van der Waals surface area contributed by atoms with E-state index >= 15 is 0 Å². The van der Waals surface area contributed by atoms with Gasteiger partial charge in [0.05, 0.1) is 5.92 Å². The van der Waals surface area contributed by atoms with E-state index in [1.165, 1.54) is 0 Å². The highest BCUT2D eigenvalue weighted by molar-refractivity contribution is 5.82. The Bertz CT molecular complexity index is 420. The number of esters is 1. The van der Waals surface area contributed by atoms with Crippen molar-refractivity contribution in [1.82, 2.24) is 0 Å². The molecule has 0 saturated carbocycles. The highest BCUT2D eigenvalue weighted by Gasteiger charge is 2.30. The maximum Gasteiger partial charge on any atom is 0.314 e. The summed E-state index contributed by atoms with van der Waals surface area (Å²) in [6.45, 7) is 6.52. The van der Waals surface area contributed by atoms with Gasteiger partial charge in [0.2, 0.25) is 0 Å². The fraction of sp³-hybridized carbons (Fsp3) is 0.500. The molecule has 1 unspecified atom stereocenters. The molecular weight excluding hydrogens is 214 g/mol. The predicted molar refractivity (Wildman–Crippen MR) is 68.1 cm³/mol. The topological polar surface area (TPSA) is 38.3 Å². The molecule has 92 valence electrons. The third-order valence-electron chi connectivity index (χ3n) is 2.78. The van der Waals surface area contributed by atoms with E-state index in [0.29, 0.717) is 0 Å². The molecule has 1 aliphatic rings. The number of benzene rings is 1. The number of carbonyl (C=O) groups excluding carboxylic acids is 1. The average Bonchev–Trinajstić information content (AvgIpc) is 2.26. The standard InChI is InChI=1S/C14H19NO2/c1-14(2,3)17-13(16)11-8-9-15-12-7-5-4-6-10(11)12/h4-7,11,15H,8-9H2,1-3H3. The molecule has 1 aromatic rings. The highest BCUT2D eigenvalue weighted by atomic mass is 16.6. The van der Waals surface area contributed by atoms with Crippen LogP contribution in [0.2, 0.25) is 0 Å². The summed E-state index contributed by atoms with van der Waals surface area (Å²) in [5.41, 5.74) is 1.68. The quantitative estimate of drug-likeness (QED) is 0.758. The van der Waals surface area contributed by atoms with Gasteiger partial charge in [-0.1, -0.05) is 18.2 Å². The van der Waals surface area contributed by atoms with E-state index in [2.05, 4.69) is 5.32 Å². The zero-order chi connectivity index (χ0) is 12.5. The third-order valence-corrected chi connectivity index (χ3v) is 2.78. The Hall–Kier alpha value is -1.51. The number of carbonyl (C=O) groups is 1. The third kappa shape index (κ3) is 2.78. The van der Waals surface area contributed by atoms with Crippen LogP contribution in [0.1, 0.15) is 38.7 Å². The Morgan fingerprint density at radius 2 is 2.06 bits per heavy atom. The number of rotatable bonds is 1. The van der Waals surface area contributed by atoms with E-state index in [-0.39, 0.29) is 11.9 Å². The minimum Gasteiger partial charge on any atom is -0.459 e. The van der Waals surface area contributed by atoms with Gasteiger partial charge in [0.15, 0.2) is 0 Å². The fourth-order valence-electron chi connectivity index (χ4n) is 2.09. The first-order valence-electron chi connectivity index (χ1n) is 6.03. The van der Waals surface area contributed by atoms with Gasteiger partial charge in [0, 0.05) is 12.2 Å². The molecule has 0 radical (unpaired) electrons. The largest absolute Gasteiger partial charge is 0.459 e. The van der Waals surface area contributed by atoms with Crippen LogP contribution in [0, 0.1) is 0 Å². The summed E-state index contributed by atoms with van der Waals surface area (Å²) < 4.78 is 5.47. The summed E-state index contributed by atoms with van der Waals surface area (Å²) in [6.07, 6.45) is 0.798. The van der Waals surface area contributed by atoms with E-state index < -0.39 is 5.60 Å². The molecule has 0 bridgehead atoms. The smallest absolute Gasteiger partial charge is 0.314 e. The van der Waals surface area contributed by atoms with Crippen LogP contribution >= 0.6 is 0 Å². The van der Waals surface area contributed by atoms with Crippen molar-refractivity contribution in [1.29, 1.82) is 0 Å². The molecule has 0 saturated heterocycles. The van der Waals surface area contributed by atoms with Crippen molar-refractivity contribution < 1.29 is 9.53 Å². The summed E-state index contributed by atoms with van der Waals surface area (Å²) in [5, 5.41) is 3.30. The average molecular weight is 233 g/mol. The summed E-state index contributed by atoms with van der Waals surface area (Å²) in [4.78, 5) is 12.1. The second kappa shape index (κ2) is 4.40. The molecule has 2 rings (SSSR count). The zero-order valence-electron chi connectivity index (χ0n) is 10.6. The van der Waals surface area contributed by atoms with Gasteiger partial charge in [-0.15, -0.1) is 0 Å². The van der Waals surface area contributed by atoms with Crippen molar-refractivity contribution in [2.45, 2.75) is 38.7 Å². The van der Waals surface area contributed by atoms with Crippen molar-refractivity contribution in [3.05, 3.63) is 29.8 Å². The second-order valence-corrected chi connectivity index (χ2v) is 5.39. The number of ether oxygens (including phenoxy) is 1. The fourth-order valence-corrected chi connectivity index (χ4v) is 2.09. The minimum absolute atomic E-state index is 0.119. The Kier molecular flexibility index (Phi) is 3.09. The van der Waals surface area contributed by atoms with Gasteiger partial charge in [-0.25, -0.2) is 0 Å². The van der Waals surface area contributed by atoms with Crippen LogP contribution in [0.4, 0.5) is 5.69 Å². The van der Waals surface area contributed by atoms with Crippen LogP contribution in [-0.4, -0.2) is 18.1 Å². The van der Waals surface area contributed by atoms with E-state index in [1.807, 2.05) is 45.0 Å². The summed E-state index contributed by atoms with van der Waals surface area (Å²) in [7, 11) is 0. The van der Waals surface area contributed by atoms with Gasteiger partial charge >= 0.3 is 5.97 Å². The first-order chi connectivity index (χ1) is 7.97. The van der Waals surface area contributed by atoms with Gasteiger partial charge in [0.1, 0.15) is 5.60 Å². The van der Waals surface area contributed by atoms with Gasteiger partial charge < -0.3 is 10.1 Å². The van der Waals surface area contributed by atoms with E-state index in [0.717, 1.165) is 24.2 Å². The number of anilines is 1. The summed E-state index contributed by atoms with van der Waals surface area (Å²) >= 11 is 0. The SMILES string of the molecule is CC(C)(C)OC(=O)C1CCNc2ccccc21. The number of para-hydroxylation sites is 1. The van der Waals surface area contributed by atoms with Crippen LogP contribution < -0.4 is 5.32 Å².